The molecule has 2 amide bonds. The van der Waals surface area contributed by atoms with Gasteiger partial charge in [-0.1, -0.05) is 19.9 Å². The number of hydrogen-bond donors (Lipinski definition) is 1. The van der Waals surface area contributed by atoms with Crippen LogP contribution in [-0.2, 0) is 9.59 Å². The molecule has 1 N–H and O–H groups in total. The molecule has 0 aromatic heterocycles. The summed E-state index contributed by atoms with van der Waals surface area (Å²) in [6, 6.07) is 6.26. The summed E-state index contributed by atoms with van der Waals surface area (Å²) in [6.07, 6.45) is 5.40. The minimum Gasteiger partial charge on any atom is -0.326 e. The molecule has 6 nitrogen and oxygen atoms in total. The van der Waals surface area contributed by atoms with E-state index >= 15 is 0 Å². The van der Waals surface area contributed by atoms with Crippen molar-refractivity contribution >= 4 is 17.9 Å². The van der Waals surface area contributed by atoms with Crippen LogP contribution in [0.4, 0.5) is 4.39 Å². The van der Waals surface area contributed by atoms with E-state index < -0.39 is 0 Å². The molecule has 2 atom stereocenters. The number of hydrogen-bond acceptors (Lipinski definition) is 4. The number of nitrogens with one attached hydrogen (secondary N) is 1. The zero-order valence-electron chi connectivity index (χ0n) is 16.9. The van der Waals surface area contributed by atoms with Gasteiger partial charge in [-0.15, -0.1) is 0 Å². The average Bonchev–Trinajstić information content (AvgIpc) is 3.18. The molecule has 2 unspecified atom stereocenters. The number of carbonyl (C=O) groups is 2. The van der Waals surface area contributed by atoms with Gasteiger partial charge in [0.25, 0.3) is 0 Å². The van der Waals surface area contributed by atoms with Crippen molar-refractivity contribution in [3.8, 4) is 6.07 Å². The second-order valence-electron chi connectivity index (χ2n) is 7.88. The van der Waals surface area contributed by atoms with Gasteiger partial charge in [0.05, 0.1) is 18.7 Å². The summed E-state index contributed by atoms with van der Waals surface area (Å²) in [5.74, 6) is -0.373. The second-order valence-corrected chi connectivity index (χ2v) is 7.88. The zero-order chi connectivity index (χ0) is 21.0. The van der Waals surface area contributed by atoms with E-state index in [1.54, 1.807) is 22.1 Å². The van der Waals surface area contributed by atoms with Gasteiger partial charge in [-0.05, 0) is 48.1 Å². The van der Waals surface area contributed by atoms with Gasteiger partial charge in [0, 0.05) is 25.7 Å². The molecule has 0 aliphatic carbocycles. The number of halogens is 1. The molecule has 0 bridgehead atoms. The fourth-order valence-electron chi connectivity index (χ4n) is 4.10. The summed E-state index contributed by atoms with van der Waals surface area (Å²) < 4.78 is 13.8. The van der Waals surface area contributed by atoms with Crippen molar-refractivity contribution in [3.05, 3.63) is 41.3 Å². The smallest absolute Gasteiger partial charge is 0.237 e. The van der Waals surface area contributed by atoms with Crippen LogP contribution in [0, 0.1) is 23.1 Å². The molecule has 154 valence electrons. The van der Waals surface area contributed by atoms with E-state index in [1.807, 2.05) is 19.9 Å². The minimum absolute atomic E-state index is 0.0779. The van der Waals surface area contributed by atoms with Crippen LogP contribution in [-0.4, -0.2) is 47.3 Å². The van der Waals surface area contributed by atoms with E-state index in [4.69, 9.17) is 5.26 Å². The Kier molecular flexibility index (Phi) is 6.65. The Hall–Kier alpha value is -2.72. The number of nitrogens with zero attached hydrogens (tertiary/aromatic N) is 3. The van der Waals surface area contributed by atoms with Crippen molar-refractivity contribution in [1.82, 2.24) is 15.1 Å². The Labute approximate surface area is 171 Å². The Morgan fingerprint density at radius 3 is 2.86 bits per heavy atom. The maximum absolute atomic E-state index is 13.8. The molecule has 1 fully saturated rings. The maximum Gasteiger partial charge on any atom is 0.237 e. The van der Waals surface area contributed by atoms with Crippen LogP contribution in [0.3, 0.4) is 0 Å². The van der Waals surface area contributed by atoms with Crippen LogP contribution in [0.5, 0.6) is 0 Å². The van der Waals surface area contributed by atoms with Crippen molar-refractivity contribution in [2.24, 2.45) is 5.92 Å². The van der Waals surface area contributed by atoms with Gasteiger partial charge in [-0.2, -0.15) is 5.26 Å². The van der Waals surface area contributed by atoms with E-state index in [9.17, 15) is 14.0 Å². The maximum atomic E-state index is 13.8. The van der Waals surface area contributed by atoms with Crippen LogP contribution in [0.1, 0.15) is 50.3 Å². The Balaban J connectivity index is 1.55. The van der Waals surface area contributed by atoms with Gasteiger partial charge in [0.15, 0.2) is 0 Å². The molecule has 0 saturated carbocycles. The quantitative estimate of drug-likeness (QED) is 0.748. The van der Waals surface area contributed by atoms with Crippen molar-refractivity contribution in [3.63, 3.8) is 0 Å². The lowest BCUT2D eigenvalue weighted by Gasteiger charge is -2.36. The van der Waals surface area contributed by atoms with Crippen LogP contribution >= 0.6 is 0 Å². The first-order chi connectivity index (χ1) is 13.9. The van der Waals surface area contributed by atoms with Crippen LogP contribution in [0.15, 0.2) is 24.4 Å². The fourth-order valence-corrected chi connectivity index (χ4v) is 4.10. The molecule has 1 aromatic rings. The summed E-state index contributed by atoms with van der Waals surface area (Å²) in [7, 11) is 0. The van der Waals surface area contributed by atoms with Gasteiger partial charge in [-0.3, -0.25) is 9.59 Å². The molecule has 0 spiro atoms. The number of nitriles is 1. The number of amides is 2. The molecule has 1 aromatic carbocycles. The van der Waals surface area contributed by atoms with E-state index in [-0.39, 0.29) is 48.6 Å². The summed E-state index contributed by atoms with van der Waals surface area (Å²) in [5, 5.41) is 12.1. The van der Waals surface area contributed by atoms with Crippen LogP contribution < -0.4 is 5.32 Å². The third-order valence-corrected chi connectivity index (χ3v) is 5.52. The fraction of sp³-hybridized carbons (Fsp3) is 0.500. The second kappa shape index (κ2) is 9.19. The highest BCUT2D eigenvalue weighted by Gasteiger charge is 2.31. The predicted octanol–water partition coefficient (Wildman–Crippen LogP) is 2.83. The molecule has 2 heterocycles. The lowest BCUT2D eigenvalue weighted by molar-refractivity contribution is -0.132. The van der Waals surface area contributed by atoms with Crippen molar-refractivity contribution < 1.29 is 14.0 Å². The number of carbonyl (C=O) groups excluding carboxylic acids is 2. The number of rotatable bonds is 6. The van der Waals surface area contributed by atoms with Gasteiger partial charge in [0.1, 0.15) is 11.9 Å². The first kappa shape index (κ1) is 21.0. The highest BCUT2D eigenvalue weighted by Crippen LogP contribution is 2.36. The Morgan fingerprint density at radius 1 is 1.34 bits per heavy atom. The third-order valence-electron chi connectivity index (χ3n) is 5.52. The van der Waals surface area contributed by atoms with Crippen molar-refractivity contribution in [1.29, 1.82) is 5.26 Å². The van der Waals surface area contributed by atoms with Gasteiger partial charge < -0.3 is 15.1 Å². The van der Waals surface area contributed by atoms with E-state index in [0.717, 1.165) is 24.0 Å². The first-order valence-electron chi connectivity index (χ1n) is 10.1. The van der Waals surface area contributed by atoms with Gasteiger partial charge in [-0.25, -0.2) is 4.39 Å². The van der Waals surface area contributed by atoms with Gasteiger partial charge in [0.2, 0.25) is 11.8 Å². The Bertz CT molecular complexity index is 846. The number of benzene rings is 1. The summed E-state index contributed by atoms with van der Waals surface area (Å²) in [6.45, 7) is 5.11. The molecule has 0 radical (unpaired) electrons. The van der Waals surface area contributed by atoms with Crippen molar-refractivity contribution in [2.45, 2.75) is 45.2 Å². The zero-order valence-corrected chi connectivity index (χ0v) is 16.9. The Morgan fingerprint density at radius 2 is 2.14 bits per heavy atom. The van der Waals surface area contributed by atoms with Crippen LogP contribution in [0.2, 0.25) is 0 Å². The normalized spacial score (nSPS) is 20.7. The largest absolute Gasteiger partial charge is 0.326 e. The molecule has 2 aliphatic heterocycles. The summed E-state index contributed by atoms with van der Waals surface area (Å²) in [5.41, 5.74) is 1.74. The molecule has 1 saturated heterocycles. The van der Waals surface area contributed by atoms with Crippen LogP contribution in [0.25, 0.3) is 6.08 Å². The minimum atomic E-state index is -0.336. The third kappa shape index (κ3) is 4.65. The molecular weight excluding hydrogens is 371 g/mol. The number of likely N-dealkylation sites (tertiary alicyclic amines) is 1. The van der Waals surface area contributed by atoms with Crippen molar-refractivity contribution in [2.75, 3.05) is 19.6 Å². The topological polar surface area (TPSA) is 76.4 Å². The lowest BCUT2D eigenvalue weighted by atomic mass is 9.88. The first-order valence-corrected chi connectivity index (χ1v) is 10.1. The van der Waals surface area contributed by atoms with E-state index in [1.165, 1.54) is 12.1 Å². The average molecular weight is 398 g/mol. The summed E-state index contributed by atoms with van der Waals surface area (Å²) >= 11 is 0. The SMILES string of the molecule is CC(C)C1c2cc(F)ccc2C=CN1C(=O)CCNCC(=O)N1CCCC1C#N. The molecule has 2 aliphatic rings. The van der Waals surface area contributed by atoms with E-state index in [2.05, 4.69) is 11.4 Å². The highest BCUT2D eigenvalue weighted by molar-refractivity contribution is 5.81. The number of fused-ring (bicyclic) bond motifs is 1. The predicted molar refractivity (Wildman–Crippen MR) is 108 cm³/mol. The summed E-state index contributed by atoms with van der Waals surface area (Å²) in [4.78, 5) is 28.3. The molecular formula is C22H27FN4O2. The monoisotopic (exact) mass is 398 g/mol. The lowest BCUT2D eigenvalue weighted by Crippen LogP contribution is -2.41. The standard InChI is InChI=1S/C22H27FN4O2/c1-15(2)22-19-12-17(23)6-5-16(19)8-11-27(22)20(28)7-9-25-14-21(29)26-10-3-4-18(26)13-24/h5-6,8,11-12,15,18,22,25H,3-4,7,9-10,14H2,1-2H3. The molecule has 7 heteroatoms. The molecule has 3 rings (SSSR count). The van der Waals surface area contributed by atoms with Gasteiger partial charge >= 0.3 is 0 Å². The van der Waals surface area contributed by atoms with E-state index in [0.29, 0.717) is 13.1 Å². The molecule has 29 heavy (non-hydrogen) atoms. The highest BCUT2D eigenvalue weighted by atomic mass is 19.1.